The Balaban J connectivity index is 1.39. The van der Waals surface area contributed by atoms with Crippen LogP contribution in [0.1, 0.15) is 16.7 Å². The smallest absolute Gasteiger partial charge is 0.124 e. The minimum atomic E-state index is 0.503. The minimum Gasteiger partial charge on any atom is -0.490 e. The van der Waals surface area contributed by atoms with Crippen molar-refractivity contribution in [2.45, 2.75) is 19.9 Å². The molecule has 0 aromatic heterocycles. The highest BCUT2D eigenvalue weighted by molar-refractivity contribution is 5.87. The highest BCUT2D eigenvalue weighted by atomic mass is 16.5. The summed E-state index contributed by atoms with van der Waals surface area (Å²) in [6.45, 7) is 4.87. The van der Waals surface area contributed by atoms with Crippen molar-refractivity contribution in [3.63, 3.8) is 0 Å². The Labute approximate surface area is 184 Å². The number of hydrogen-bond donors (Lipinski definition) is 1. The topological polar surface area (TPSA) is 30.5 Å². The monoisotopic (exact) mass is 411 g/mol. The summed E-state index contributed by atoms with van der Waals surface area (Å²) in [5.74, 6) is 1.78. The summed E-state index contributed by atoms with van der Waals surface area (Å²) >= 11 is 0. The number of ether oxygens (including phenoxy) is 2. The van der Waals surface area contributed by atoms with Gasteiger partial charge in [-0.05, 0) is 60.0 Å². The van der Waals surface area contributed by atoms with Crippen molar-refractivity contribution >= 4 is 10.8 Å². The second kappa shape index (κ2) is 10.6. The Morgan fingerprint density at radius 1 is 0.710 bits per heavy atom. The molecular formula is C28H29NO2. The van der Waals surface area contributed by atoms with Crippen LogP contribution in [0.25, 0.3) is 10.8 Å². The molecule has 0 saturated heterocycles. The molecule has 0 aliphatic carbocycles. The number of hydrogen-bond acceptors (Lipinski definition) is 3. The first-order chi connectivity index (χ1) is 15.3. The first-order valence-corrected chi connectivity index (χ1v) is 10.9. The summed E-state index contributed by atoms with van der Waals surface area (Å²) in [6, 6.07) is 31.1. The minimum absolute atomic E-state index is 0.503. The van der Waals surface area contributed by atoms with Gasteiger partial charge in [0.2, 0.25) is 0 Å². The Morgan fingerprint density at radius 2 is 1.45 bits per heavy atom. The molecule has 4 aromatic carbocycles. The van der Waals surface area contributed by atoms with Gasteiger partial charge in [-0.15, -0.1) is 0 Å². The van der Waals surface area contributed by atoms with Crippen molar-refractivity contribution in [3.8, 4) is 11.5 Å². The van der Waals surface area contributed by atoms with Gasteiger partial charge in [0.15, 0.2) is 0 Å². The molecule has 0 radical (unpaired) electrons. The van der Waals surface area contributed by atoms with Crippen LogP contribution in [0.4, 0.5) is 0 Å². The number of aryl methyl sites for hydroxylation is 1. The zero-order chi connectivity index (χ0) is 21.3. The molecule has 0 spiro atoms. The number of para-hydroxylation sites is 1. The fourth-order valence-electron chi connectivity index (χ4n) is 3.79. The van der Waals surface area contributed by atoms with Gasteiger partial charge in [-0.3, -0.25) is 0 Å². The summed E-state index contributed by atoms with van der Waals surface area (Å²) in [5.41, 5.74) is 3.93. The molecule has 0 aliphatic rings. The van der Waals surface area contributed by atoms with Crippen LogP contribution in [0.2, 0.25) is 0 Å². The van der Waals surface area contributed by atoms with E-state index in [-0.39, 0.29) is 0 Å². The first kappa shape index (κ1) is 21.0. The van der Waals surface area contributed by atoms with Gasteiger partial charge in [0.05, 0.1) is 0 Å². The van der Waals surface area contributed by atoms with Crippen molar-refractivity contribution in [1.82, 2.24) is 5.32 Å². The van der Waals surface area contributed by atoms with Crippen LogP contribution in [0.3, 0.4) is 0 Å². The number of benzene rings is 4. The largest absolute Gasteiger partial charge is 0.490 e. The van der Waals surface area contributed by atoms with Crippen LogP contribution >= 0.6 is 0 Å². The van der Waals surface area contributed by atoms with E-state index in [4.69, 9.17) is 9.47 Å². The molecule has 0 amide bonds. The molecule has 0 aliphatic heterocycles. The van der Waals surface area contributed by atoms with E-state index in [1.807, 2.05) is 30.3 Å². The van der Waals surface area contributed by atoms with E-state index in [2.05, 4.69) is 72.9 Å². The molecule has 31 heavy (non-hydrogen) atoms. The highest BCUT2D eigenvalue weighted by Gasteiger charge is 2.09. The maximum absolute atomic E-state index is 6.14. The maximum atomic E-state index is 6.14. The van der Waals surface area contributed by atoms with E-state index >= 15 is 0 Å². The quantitative estimate of drug-likeness (QED) is 0.328. The predicted octanol–water partition coefficient (Wildman–Crippen LogP) is 5.94. The molecule has 3 heteroatoms. The molecule has 0 atom stereocenters. The van der Waals surface area contributed by atoms with Gasteiger partial charge >= 0.3 is 0 Å². The molecule has 0 bridgehead atoms. The average molecular weight is 412 g/mol. The SMILES string of the molecule is Cc1ccccc1CCNCc1c(OCCOc2ccccc2)ccc2ccccc12. The molecule has 4 aromatic rings. The fourth-order valence-corrected chi connectivity index (χ4v) is 3.79. The third kappa shape index (κ3) is 5.65. The van der Waals surface area contributed by atoms with E-state index in [0.717, 1.165) is 31.0 Å². The van der Waals surface area contributed by atoms with Crippen LogP contribution in [0.5, 0.6) is 11.5 Å². The van der Waals surface area contributed by atoms with Gasteiger partial charge in [-0.25, -0.2) is 0 Å². The standard InChI is InChI=1S/C28H29NO2/c1-22-9-5-6-10-23(22)17-18-29-21-27-26-14-8-7-11-24(26)15-16-28(27)31-20-19-30-25-12-3-2-4-13-25/h2-16,29H,17-21H2,1H3. The molecule has 4 rings (SSSR count). The maximum Gasteiger partial charge on any atom is 0.124 e. The third-order valence-electron chi connectivity index (χ3n) is 5.48. The fraction of sp³-hybridized carbons (Fsp3) is 0.214. The van der Waals surface area contributed by atoms with Crippen LogP contribution in [-0.4, -0.2) is 19.8 Å². The first-order valence-electron chi connectivity index (χ1n) is 10.9. The molecule has 0 saturated carbocycles. The van der Waals surface area contributed by atoms with Crippen molar-refractivity contribution in [1.29, 1.82) is 0 Å². The summed E-state index contributed by atoms with van der Waals surface area (Å²) < 4.78 is 11.9. The Bertz CT molecular complexity index is 1110. The van der Waals surface area contributed by atoms with Crippen molar-refractivity contribution < 1.29 is 9.47 Å². The Kier molecular flexibility index (Phi) is 7.20. The van der Waals surface area contributed by atoms with Gasteiger partial charge in [-0.1, -0.05) is 72.8 Å². The van der Waals surface area contributed by atoms with E-state index in [0.29, 0.717) is 13.2 Å². The van der Waals surface area contributed by atoms with E-state index in [1.165, 1.54) is 27.5 Å². The molecule has 3 nitrogen and oxygen atoms in total. The number of nitrogens with one attached hydrogen (secondary N) is 1. The Hall–Kier alpha value is -3.30. The zero-order valence-electron chi connectivity index (χ0n) is 18.0. The van der Waals surface area contributed by atoms with Gasteiger partial charge in [0, 0.05) is 12.1 Å². The molecule has 0 unspecified atom stereocenters. The number of rotatable bonds is 10. The van der Waals surface area contributed by atoms with E-state index in [9.17, 15) is 0 Å². The molecule has 1 N–H and O–H groups in total. The van der Waals surface area contributed by atoms with Crippen molar-refractivity contribution in [2.24, 2.45) is 0 Å². The van der Waals surface area contributed by atoms with Crippen molar-refractivity contribution in [3.05, 3.63) is 108 Å². The van der Waals surface area contributed by atoms with E-state index < -0.39 is 0 Å². The second-order valence-corrected chi connectivity index (χ2v) is 7.63. The normalized spacial score (nSPS) is 10.9. The molecular weight excluding hydrogens is 382 g/mol. The van der Waals surface area contributed by atoms with Gasteiger partial charge in [-0.2, -0.15) is 0 Å². The van der Waals surface area contributed by atoms with Crippen LogP contribution in [0, 0.1) is 6.92 Å². The average Bonchev–Trinajstić information content (AvgIpc) is 2.82. The van der Waals surface area contributed by atoms with Crippen LogP contribution < -0.4 is 14.8 Å². The lowest BCUT2D eigenvalue weighted by Crippen LogP contribution is -2.18. The van der Waals surface area contributed by atoms with Gasteiger partial charge < -0.3 is 14.8 Å². The molecule has 0 fully saturated rings. The van der Waals surface area contributed by atoms with E-state index in [1.54, 1.807) is 0 Å². The van der Waals surface area contributed by atoms with Crippen LogP contribution in [-0.2, 0) is 13.0 Å². The summed E-state index contributed by atoms with van der Waals surface area (Å²) in [7, 11) is 0. The summed E-state index contributed by atoms with van der Waals surface area (Å²) in [4.78, 5) is 0. The molecule has 158 valence electrons. The summed E-state index contributed by atoms with van der Waals surface area (Å²) in [6.07, 6.45) is 1.01. The predicted molar refractivity (Wildman–Crippen MR) is 128 cm³/mol. The van der Waals surface area contributed by atoms with Gasteiger partial charge in [0.1, 0.15) is 24.7 Å². The van der Waals surface area contributed by atoms with Gasteiger partial charge in [0.25, 0.3) is 0 Å². The lowest BCUT2D eigenvalue weighted by Gasteiger charge is -2.16. The highest BCUT2D eigenvalue weighted by Crippen LogP contribution is 2.28. The molecule has 0 heterocycles. The lowest BCUT2D eigenvalue weighted by atomic mass is 10.0. The Morgan fingerprint density at radius 3 is 2.32 bits per heavy atom. The summed E-state index contributed by atoms with van der Waals surface area (Å²) in [5, 5.41) is 6.07. The number of fused-ring (bicyclic) bond motifs is 1. The van der Waals surface area contributed by atoms with Crippen molar-refractivity contribution in [2.75, 3.05) is 19.8 Å². The third-order valence-corrected chi connectivity index (χ3v) is 5.48. The van der Waals surface area contributed by atoms with Crippen LogP contribution in [0.15, 0.2) is 91.0 Å². The second-order valence-electron chi connectivity index (χ2n) is 7.63. The lowest BCUT2D eigenvalue weighted by molar-refractivity contribution is 0.216. The zero-order valence-corrected chi connectivity index (χ0v) is 18.0.